The van der Waals surface area contributed by atoms with Gasteiger partial charge in [-0.25, -0.2) is 9.37 Å². The monoisotopic (exact) mass is 471 g/mol. The second-order valence-corrected chi connectivity index (χ2v) is 6.47. The van der Waals surface area contributed by atoms with E-state index in [1.54, 1.807) is 0 Å². The van der Waals surface area contributed by atoms with Gasteiger partial charge in [0, 0.05) is 12.4 Å². The minimum absolute atomic E-state index is 0.149. The summed E-state index contributed by atoms with van der Waals surface area (Å²) in [5.74, 6) is -1.49. The van der Waals surface area contributed by atoms with Crippen LogP contribution in [0.3, 0.4) is 0 Å². The number of aromatic nitrogens is 2. The molecule has 3 aromatic rings. The Morgan fingerprint density at radius 3 is 2.66 bits per heavy atom. The molecule has 0 fully saturated rings. The quantitative estimate of drug-likeness (QED) is 0.538. The predicted molar refractivity (Wildman–Crippen MR) is 98.4 cm³/mol. The zero-order valence-electron chi connectivity index (χ0n) is 14.2. The van der Waals surface area contributed by atoms with Crippen molar-refractivity contribution in [1.29, 1.82) is 0 Å². The van der Waals surface area contributed by atoms with Crippen LogP contribution in [0.25, 0.3) is 0 Å². The summed E-state index contributed by atoms with van der Waals surface area (Å²) in [4.78, 5) is 30.2. The number of nitrogens with one attached hydrogen (secondary N) is 2. The predicted octanol–water partition coefficient (Wildman–Crippen LogP) is 4.73. The van der Waals surface area contributed by atoms with Gasteiger partial charge < -0.3 is 15.0 Å². The van der Waals surface area contributed by atoms with E-state index < -0.39 is 34.7 Å². The Labute approximate surface area is 168 Å². The minimum atomic E-state index is -4.71. The summed E-state index contributed by atoms with van der Waals surface area (Å²) in [6.07, 6.45) is -2.88. The summed E-state index contributed by atoms with van der Waals surface area (Å²) >= 11 is 3.11. The van der Waals surface area contributed by atoms with Crippen LogP contribution < -0.4 is 15.6 Å². The number of H-pyrrole nitrogens is 1. The third kappa shape index (κ3) is 4.80. The maximum Gasteiger partial charge on any atom is 0.417 e. The van der Waals surface area contributed by atoms with Crippen LogP contribution in [0.1, 0.15) is 15.9 Å². The molecule has 0 atom stereocenters. The summed E-state index contributed by atoms with van der Waals surface area (Å²) in [5.41, 5.74) is -2.80. The molecule has 2 heterocycles. The Balaban J connectivity index is 1.90. The van der Waals surface area contributed by atoms with E-state index in [0.29, 0.717) is 12.3 Å². The number of halogens is 5. The first kappa shape index (κ1) is 20.5. The fraction of sp³-hybridized carbons (Fsp3) is 0.0556. The standard InChI is InChI=1S/C18H10BrF4N3O3/c19-12-7-10(20)3-4-14(12)29-17-11(2-1-5-24-17)15(27)26-13-6-9(18(21,22)23)8-25-16(13)28/h1-8H,(H,25,28)(H,26,27). The van der Waals surface area contributed by atoms with Gasteiger partial charge in [-0.1, -0.05) is 0 Å². The first-order chi connectivity index (χ1) is 13.6. The van der Waals surface area contributed by atoms with Gasteiger partial charge >= 0.3 is 6.18 Å². The highest BCUT2D eigenvalue weighted by atomic mass is 79.9. The van der Waals surface area contributed by atoms with Crippen LogP contribution in [-0.2, 0) is 6.18 Å². The highest BCUT2D eigenvalue weighted by Gasteiger charge is 2.31. The van der Waals surface area contributed by atoms with Crippen molar-refractivity contribution in [2.75, 3.05) is 5.32 Å². The Hall–Kier alpha value is -3.21. The number of amides is 1. The average molecular weight is 472 g/mol. The molecule has 11 heteroatoms. The van der Waals surface area contributed by atoms with Gasteiger partial charge in [0.15, 0.2) is 0 Å². The number of aromatic amines is 1. The molecule has 2 N–H and O–H groups in total. The lowest BCUT2D eigenvalue weighted by Gasteiger charge is -2.12. The molecule has 1 aromatic carbocycles. The molecule has 0 radical (unpaired) electrons. The van der Waals surface area contributed by atoms with Crippen LogP contribution in [0, 0.1) is 5.82 Å². The highest BCUT2D eigenvalue weighted by Crippen LogP contribution is 2.32. The minimum Gasteiger partial charge on any atom is -0.437 e. The van der Waals surface area contributed by atoms with Crippen molar-refractivity contribution in [3.05, 3.63) is 80.6 Å². The van der Waals surface area contributed by atoms with Crippen molar-refractivity contribution in [3.63, 3.8) is 0 Å². The summed E-state index contributed by atoms with van der Waals surface area (Å²) in [7, 11) is 0. The maximum absolute atomic E-state index is 13.2. The molecule has 1 amide bonds. The van der Waals surface area contributed by atoms with Crippen LogP contribution >= 0.6 is 15.9 Å². The molecule has 6 nitrogen and oxygen atoms in total. The second kappa shape index (κ2) is 8.03. The number of hydrogen-bond donors (Lipinski definition) is 2. The Kier molecular flexibility index (Phi) is 5.69. The van der Waals surface area contributed by atoms with Crippen LogP contribution in [0.4, 0.5) is 23.2 Å². The zero-order chi connectivity index (χ0) is 21.2. The topological polar surface area (TPSA) is 84.1 Å². The lowest BCUT2D eigenvalue weighted by molar-refractivity contribution is -0.137. The van der Waals surface area contributed by atoms with Crippen molar-refractivity contribution in [1.82, 2.24) is 9.97 Å². The lowest BCUT2D eigenvalue weighted by Crippen LogP contribution is -2.22. The smallest absolute Gasteiger partial charge is 0.417 e. The number of alkyl halides is 3. The largest absolute Gasteiger partial charge is 0.437 e. The fourth-order valence-corrected chi connectivity index (χ4v) is 2.67. The number of carbonyl (C=O) groups is 1. The number of rotatable bonds is 4. The molecule has 150 valence electrons. The van der Waals surface area contributed by atoms with Crippen molar-refractivity contribution in [2.24, 2.45) is 0 Å². The SMILES string of the molecule is O=C(Nc1cc(C(F)(F)F)c[nH]c1=O)c1cccnc1Oc1ccc(F)cc1Br. The Morgan fingerprint density at radius 2 is 1.97 bits per heavy atom. The Bertz CT molecular complexity index is 1130. The summed E-state index contributed by atoms with van der Waals surface area (Å²) < 4.78 is 57.5. The van der Waals surface area contributed by atoms with E-state index in [9.17, 15) is 27.2 Å². The van der Waals surface area contributed by atoms with E-state index in [1.807, 2.05) is 4.98 Å². The number of carbonyl (C=O) groups excluding carboxylic acids is 1. The molecule has 0 aliphatic carbocycles. The normalized spacial score (nSPS) is 11.2. The van der Waals surface area contributed by atoms with Crippen LogP contribution in [0.5, 0.6) is 11.6 Å². The van der Waals surface area contributed by atoms with Crippen LogP contribution in [0.15, 0.2) is 58.1 Å². The molecule has 2 aromatic heterocycles. The van der Waals surface area contributed by atoms with Gasteiger partial charge in [-0.15, -0.1) is 0 Å². The van der Waals surface area contributed by atoms with Crippen molar-refractivity contribution in [2.45, 2.75) is 6.18 Å². The van der Waals surface area contributed by atoms with Crippen molar-refractivity contribution >= 4 is 27.5 Å². The summed E-state index contributed by atoms with van der Waals surface area (Å²) in [6, 6.07) is 6.79. The van der Waals surface area contributed by atoms with E-state index in [2.05, 4.69) is 26.2 Å². The third-order valence-corrected chi connectivity index (χ3v) is 4.21. The summed E-state index contributed by atoms with van der Waals surface area (Å²) in [5, 5.41) is 2.11. The average Bonchev–Trinajstić information content (AvgIpc) is 2.65. The second-order valence-electron chi connectivity index (χ2n) is 5.62. The summed E-state index contributed by atoms with van der Waals surface area (Å²) in [6.45, 7) is 0. The molecule has 29 heavy (non-hydrogen) atoms. The number of anilines is 1. The molecule has 3 rings (SSSR count). The van der Waals surface area contributed by atoms with Crippen molar-refractivity contribution < 1.29 is 27.1 Å². The van der Waals surface area contributed by atoms with Gasteiger partial charge in [-0.2, -0.15) is 13.2 Å². The number of nitrogens with zero attached hydrogens (tertiary/aromatic N) is 1. The molecule has 0 unspecified atom stereocenters. The lowest BCUT2D eigenvalue weighted by atomic mass is 10.2. The van der Waals surface area contributed by atoms with Gasteiger partial charge in [-0.3, -0.25) is 9.59 Å². The molecule has 0 aliphatic rings. The maximum atomic E-state index is 13.2. The fourth-order valence-electron chi connectivity index (χ4n) is 2.24. The number of benzene rings is 1. The van der Waals surface area contributed by atoms with Crippen molar-refractivity contribution in [3.8, 4) is 11.6 Å². The molecular formula is C18H10BrF4N3O3. The van der Waals surface area contributed by atoms with E-state index >= 15 is 0 Å². The number of hydrogen-bond acceptors (Lipinski definition) is 4. The van der Waals surface area contributed by atoms with E-state index in [1.165, 1.54) is 24.4 Å². The number of ether oxygens (including phenoxy) is 1. The van der Waals surface area contributed by atoms with Crippen LogP contribution in [-0.4, -0.2) is 15.9 Å². The van der Waals surface area contributed by atoms with Crippen LogP contribution in [0.2, 0.25) is 0 Å². The number of pyridine rings is 2. The molecule has 0 saturated heterocycles. The molecular weight excluding hydrogens is 462 g/mol. The van der Waals surface area contributed by atoms with E-state index in [4.69, 9.17) is 4.74 Å². The van der Waals surface area contributed by atoms with Gasteiger partial charge in [0.2, 0.25) is 5.88 Å². The molecule has 0 bridgehead atoms. The van der Waals surface area contributed by atoms with Gasteiger partial charge in [-0.05, 0) is 52.3 Å². The van der Waals surface area contributed by atoms with Gasteiger partial charge in [0.1, 0.15) is 22.8 Å². The first-order valence-corrected chi connectivity index (χ1v) is 8.63. The van der Waals surface area contributed by atoms with E-state index in [-0.39, 0.29) is 21.7 Å². The zero-order valence-corrected chi connectivity index (χ0v) is 15.8. The Morgan fingerprint density at radius 1 is 1.21 bits per heavy atom. The highest BCUT2D eigenvalue weighted by molar-refractivity contribution is 9.10. The first-order valence-electron chi connectivity index (χ1n) is 7.84. The molecule has 0 aliphatic heterocycles. The van der Waals surface area contributed by atoms with E-state index in [0.717, 1.165) is 12.1 Å². The third-order valence-electron chi connectivity index (χ3n) is 3.60. The van der Waals surface area contributed by atoms with Gasteiger partial charge in [0.05, 0.1) is 10.0 Å². The van der Waals surface area contributed by atoms with Gasteiger partial charge in [0.25, 0.3) is 11.5 Å². The molecule has 0 spiro atoms. The molecule has 0 saturated carbocycles.